The maximum atomic E-state index is 11.6. The predicted octanol–water partition coefficient (Wildman–Crippen LogP) is 4.32. The molecule has 0 unspecified atom stereocenters. The van der Waals surface area contributed by atoms with E-state index in [1.54, 1.807) is 0 Å². The lowest BCUT2D eigenvalue weighted by Crippen LogP contribution is -2.41. The lowest BCUT2D eigenvalue weighted by atomic mass is 9.61. The van der Waals surface area contributed by atoms with E-state index in [1.807, 2.05) is 13.8 Å². The normalized spacial score (nSPS) is 36.2. The van der Waals surface area contributed by atoms with Crippen LogP contribution < -0.4 is 0 Å². The Bertz CT molecular complexity index is 379. The van der Waals surface area contributed by atoms with Gasteiger partial charge in [0.25, 0.3) is 0 Å². The molecule has 2 saturated carbocycles. The van der Waals surface area contributed by atoms with E-state index in [9.17, 15) is 9.90 Å². The van der Waals surface area contributed by atoms with Crippen molar-refractivity contribution in [2.24, 2.45) is 23.2 Å². The first-order chi connectivity index (χ1) is 10.3. The quantitative estimate of drug-likeness (QED) is 0.743. The van der Waals surface area contributed by atoms with Crippen molar-refractivity contribution in [1.82, 2.24) is 0 Å². The molecule has 5 atom stereocenters. The van der Waals surface area contributed by atoms with Gasteiger partial charge in [-0.25, -0.2) is 0 Å². The average molecular weight is 310 g/mol. The van der Waals surface area contributed by atoms with E-state index in [1.165, 1.54) is 19.3 Å². The Labute approximate surface area is 135 Å². The molecule has 0 saturated heterocycles. The first-order valence-corrected chi connectivity index (χ1v) is 9.22. The fraction of sp³-hybridized carbons (Fsp3) is 0.947. The highest BCUT2D eigenvalue weighted by atomic mass is 16.5. The summed E-state index contributed by atoms with van der Waals surface area (Å²) in [4.78, 5) is 11.6. The Balaban J connectivity index is 1.83. The summed E-state index contributed by atoms with van der Waals surface area (Å²) >= 11 is 0. The maximum Gasteiger partial charge on any atom is 0.306 e. The Morgan fingerprint density at radius 3 is 2.68 bits per heavy atom. The van der Waals surface area contributed by atoms with Crippen LogP contribution in [-0.4, -0.2) is 23.3 Å². The molecule has 1 N–H and O–H groups in total. The van der Waals surface area contributed by atoms with Gasteiger partial charge in [-0.1, -0.05) is 20.3 Å². The number of esters is 1. The van der Waals surface area contributed by atoms with Gasteiger partial charge in [-0.2, -0.15) is 0 Å². The number of carbonyl (C=O) groups excluding carboxylic acids is 1. The molecule has 0 aliphatic heterocycles. The van der Waals surface area contributed by atoms with Gasteiger partial charge in [0.2, 0.25) is 0 Å². The molecule has 22 heavy (non-hydrogen) atoms. The van der Waals surface area contributed by atoms with Crippen molar-refractivity contribution >= 4 is 5.97 Å². The minimum absolute atomic E-state index is 0.0110. The third-order valence-electron chi connectivity index (χ3n) is 6.26. The molecular formula is C19H34O3. The van der Waals surface area contributed by atoms with Gasteiger partial charge in [-0.15, -0.1) is 0 Å². The summed E-state index contributed by atoms with van der Waals surface area (Å²) < 4.78 is 5.21. The van der Waals surface area contributed by atoms with E-state index in [-0.39, 0.29) is 18.2 Å². The number of aliphatic hydroxyl groups is 1. The molecule has 2 rings (SSSR count). The van der Waals surface area contributed by atoms with Gasteiger partial charge in [-0.05, 0) is 75.5 Å². The second kappa shape index (κ2) is 7.33. The molecule has 0 aromatic heterocycles. The second-order valence-corrected chi connectivity index (χ2v) is 8.16. The van der Waals surface area contributed by atoms with Crippen molar-refractivity contribution in [3.8, 4) is 0 Å². The third-order valence-corrected chi connectivity index (χ3v) is 6.26. The molecule has 128 valence electrons. The fourth-order valence-corrected chi connectivity index (χ4v) is 5.22. The summed E-state index contributed by atoms with van der Waals surface area (Å²) in [5.41, 5.74) is 0.315. The zero-order valence-corrected chi connectivity index (χ0v) is 14.8. The maximum absolute atomic E-state index is 11.6. The van der Waals surface area contributed by atoms with Crippen LogP contribution in [0, 0.1) is 23.2 Å². The zero-order valence-electron chi connectivity index (χ0n) is 14.8. The van der Waals surface area contributed by atoms with Crippen molar-refractivity contribution in [1.29, 1.82) is 0 Å². The van der Waals surface area contributed by atoms with E-state index >= 15 is 0 Å². The Hall–Kier alpha value is -0.570. The van der Waals surface area contributed by atoms with Crippen molar-refractivity contribution < 1.29 is 14.6 Å². The molecule has 2 fully saturated rings. The SMILES string of the molecule is CC(C)OC(=O)CCC[C@H](C)[C@H]1CC[C@H]2[C@@H](O)CCC[C@]12C. The monoisotopic (exact) mass is 310 g/mol. The van der Waals surface area contributed by atoms with Gasteiger partial charge in [0.15, 0.2) is 0 Å². The Morgan fingerprint density at radius 2 is 2.00 bits per heavy atom. The molecule has 3 nitrogen and oxygen atoms in total. The van der Waals surface area contributed by atoms with Crippen LogP contribution in [0.3, 0.4) is 0 Å². The zero-order chi connectivity index (χ0) is 16.3. The van der Waals surface area contributed by atoms with Crippen LogP contribution >= 0.6 is 0 Å². The fourth-order valence-electron chi connectivity index (χ4n) is 5.22. The highest BCUT2D eigenvalue weighted by molar-refractivity contribution is 5.69. The smallest absolute Gasteiger partial charge is 0.306 e. The van der Waals surface area contributed by atoms with E-state index in [0.717, 1.165) is 25.7 Å². The minimum atomic E-state index is -0.0861. The summed E-state index contributed by atoms with van der Waals surface area (Å²) in [6.07, 6.45) is 8.30. The highest BCUT2D eigenvalue weighted by Crippen LogP contribution is 2.58. The topological polar surface area (TPSA) is 46.5 Å². The van der Waals surface area contributed by atoms with Crippen LogP contribution in [0.1, 0.15) is 79.1 Å². The van der Waals surface area contributed by atoms with Crippen LogP contribution in [0.25, 0.3) is 0 Å². The highest BCUT2D eigenvalue weighted by Gasteiger charge is 2.51. The summed E-state index contributed by atoms with van der Waals surface area (Å²) in [6.45, 7) is 8.54. The molecule has 0 amide bonds. The predicted molar refractivity (Wildman–Crippen MR) is 88.4 cm³/mol. The number of fused-ring (bicyclic) bond motifs is 1. The van der Waals surface area contributed by atoms with Crippen LogP contribution in [0.4, 0.5) is 0 Å². The minimum Gasteiger partial charge on any atom is -0.463 e. The van der Waals surface area contributed by atoms with Crippen LogP contribution in [-0.2, 0) is 9.53 Å². The Kier molecular flexibility index (Phi) is 5.93. The van der Waals surface area contributed by atoms with Gasteiger partial charge in [-0.3, -0.25) is 4.79 Å². The molecule has 0 spiro atoms. The summed E-state index contributed by atoms with van der Waals surface area (Å²) in [5.74, 6) is 1.77. The van der Waals surface area contributed by atoms with Gasteiger partial charge in [0, 0.05) is 6.42 Å². The lowest BCUT2D eigenvalue weighted by Gasteiger charge is -2.45. The van der Waals surface area contributed by atoms with Crippen LogP contribution in [0.15, 0.2) is 0 Å². The van der Waals surface area contributed by atoms with E-state index < -0.39 is 0 Å². The number of hydrogen-bond donors (Lipinski definition) is 1. The second-order valence-electron chi connectivity index (χ2n) is 8.16. The van der Waals surface area contributed by atoms with Crippen molar-refractivity contribution in [3.05, 3.63) is 0 Å². The molecule has 3 heteroatoms. The number of rotatable bonds is 6. The summed E-state index contributed by atoms with van der Waals surface area (Å²) in [7, 11) is 0. The van der Waals surface area contributed by atoms with Crippen molar-refractivity contribution in [3.63, 3.8) is 0 Å². The van der Waals surface area contributed by atoms with Gasteiger partial charge in [0.1, 0.15) is 0 Å². The third kappa shape index (κ3) is 3.84. The largest absolute Gasteiger partial charge is 0.463 e. The van der Waals surface area contributed by atoms with Crippen LogP contribution in [0.2, 0.25) is 0 Å². The number of carbonyl (C=O) groups is 1. The molecule has 2 aliphatic rings. The number of aliphatic hydroxyl groups excluding tert-OH is 1. The first kappa shape index (κ1) is 17.8. The summed E-state index contributed by atoms with van der Waals surface area (Å²) in [6, 6.07) is 0. The molecule has 2 aliphatic carbocycles. The molecular weight excluding hydrogens is 276 g/mol. The molecule has 0 aromatic carbocycles. The van der Waals surface area contributed by atoms with Crippen molar-refractivity contribution in [2.45, 2.75) is 91.3 Å². The van der Waals surface area contributed by atoms with E-state index in [0.29, 0.717) is 29.6 Å². The standard InChI is InChI=1S/C19H34O3/c1-13(2)22-18(21)9-5-7-14(3)15-10-11-16-17(20)8-6-12-19(15,16)4/h13-17,20H,5-12H2,1-4H3/t14-,15+,16-,17-,19+/m0/s1. The van der Waals surface area contributed by atoms with Crippen LogP contribution in [0.5, 0.6) is 0 Å². The van der Waals surface area contributed by atoms with E-state index in [4.69, 9.17) is 4.74 Å². The molecule has 0 bridgehead atoms. The molecule has 0 radical (unpaired) electrons. The first-order valence-electron chi connectivity index (χ1n) is 9.22. The van der Waals surface area contributed by atoms with Gasteiger partial charge in [0.05, 0.1) is 12.2 Å². The lowest BCUT2D eigenvalue weighted by molar-refractivity contribution is -0.147. The van der Waals surface area contributed by atoms with E-state index in [2.05, 4.69) is 13.8 Å². The molecule has 0 aromatic rings. The molecule has 0 heterocycles. The average Bonchev–Trinajstić information content (AvgIpc) is 2.76. The summed E-state index contributed by atoms with van der Waals surface area (Å²) in [5, 5.41) is 10.3. The van der Waals surface area contributed by atoms with Gasteiger partial charge >= 0.3 is 5.97 Å². The number of ether oxygens (including phenoxy) is 1. The Morgan fingerprint density at radius 1 is 1.27 bits per heavy atom. The number of hydrogen-bond acceptors (Lipinski definition) is 3. The van der Waals surface area contributed by atoms with Gasteiger partial charge < -0.3 is 9.84 Å². The van der Waals surface area contributed by atoms with Crippen molar-refractivity contribution in [2.75, 3.05) is 0 Å².